The van der Waals surface area contributed by atoms with Crippen molar-refractivity contribution in [3.63, 3.8) is 0 Å². The SMILES string of the molecule is NC(=O)Cc1cccc2cn(-c3ccc([N+](=O)[O-])cc3)nc12. The zero-order valence-corrected chi connectivity index (χ0v) is 11.5. The fourth-order valence-electron chi connectivity index (χ4n) is 2.30. The number of carbonyl (C=O) groups is 1. The second-order valence-corrected chi connectivity index (χ2v) is 4.85. The summed E-state index contributed by atoms with van der Waals surface area (Å²) in [4.78, 5) is 21.3. The van der Waals surface area contributed by atoms with Gasteiger partial charge in [-0.15, -0.1) is 0 Å². The van der Waals surface area contributed by atoms with E-state index in [0.717, 1.165) is 10.9 Å². The molecule has 0 saturated heterocycles. The third-order valence-corrected chi connectivity index (χ3v) is 3.31. The maximum atomic E-state index is 11.1. The van der Waals surface area contributed by atoms with Crippen LogP contribution in [0.15, 0.2) is 48.7 Å². The lowest BCUT2D eigenvalue weighted by molar-refractivity contribution is -0.384. The molecule has 1 heterocycles. The number of carbonyl (C=O) groups excluding carboxylic acids is 1. The number of primary amides is 1. The molecule has 0 bridgehead atoms. The van der Waals surface area contributed by atoms with Crippen LogP contribution in [-0.4, -0.2) is 20.6 Å². The summed E-state index contributed by atoms with van der Waals surface area (Å²) in [5.41, 5.74) is 7.41. The van der Waals surface area contributed by atoms with Crippen molar-refractivity contribution in [2.45, 2.75) is 6.42 Å². The van der Waals surface area contributed by atoms with Crippen LogP contribution in [0.4, 0.5) is 5.69 Å². The molecule has 110 valence electrons. The largest absolute Gasteiger partial charge is 0.369 e. The van der Waals surface area contributed by atoms with Crippen LogP contribution in [0.1, 0.15) is 5.56 Å². The molecule has 0 unspecified atom stereocenters. The van der Waals surface area contributed by atoms with Crippen molar-refractivity contribution in [3.05, 3.63) is 64.3 Å². The predicted octanol–water partition coefficient (Wildman–Crippen LogP) is 1.96. The van der Waals surface area contributed by atoms with Gasteiger partial charge in [-0.3, -0.25) is 14.9 Å². The Morgan fingerprint density at radius 1 is 1.23 bits per heavy atom. The minimum Gasteiger partial charge on any atom is -0.369 e. The van der Waals surface area contributed by atoms with Gasteiger partial charge in [0.05, 0.1) is 22.5 Å². The summed E-state index contributed by atoms with van der Waals surface area (Å²) in [6.45, 7) is 0. The summed E-state index contributed by atoms with van der Waals surface area (Å²) in [7, 11) is 0. The highest BCUT2D eigenvalue weighted by Gasteiger charge is 2.10. The van der Waals surface area contributed by atoms with Crippen LogP contribution in [0, 0.1) is 10.1 Å². The van der Waals surface area contributed by atoms with Gasteiger partial charge in [-0.1, -0.05) is 18.2 Å². The van der Waals surface area contributed by atoms with Crippen molar-refractivity contribution in [1.82, 2.24) is 9.78 Å². The van der Waals surface area contributed by atoms with Crippen LogP contribution in [0.3, 0.4) is 0 Å². The summed E-state index contributed by atoms with van der Waals surface area (Å²) in [5, 5.41) is 16.0. The van der Waals surface area contributed by atoms with E-state index in [1.807, 2.05) is 12.1 Å². The van der Waals surface area contributed by atoms with Crippen molar-refractivity contribution in [1.29, 1.82) is 0 Å². The summed E-state index contributed by atoms with van der Waals surface area (Å²) in [6.07, 6.45) is 1.93. The molecule has 7 nitrogen and oxygen atoms in total. The molecule has 22 heavy (non-hydrogen) atoms. The molecule has 0 aliphatic carbocycles. The Morgan fingerprint density at radius 2 is 1.95 bits per heavy atom. The second kappa shape index (κ2) is 5.28. The molecule has 0 aliphatic rings. The third-order valence-electron chi connectivity index (χ3n) is 3.31. The minimum absolute atomic E-state index is 0.0230. The molecule has 2 N–H and O–H groups in total. The zero-order chi connectivity index (χ0) is 15.7. The van der Waals surface area contributed by atoms with E-state index in [9.17, 15) is 14.9 Å². The number of rotatable bonds is 4. The van der Waals surface area contributed by atoms with Gasteiger partial charge in [0.25, 0.3) is 5.69 Å². The molecular formula is C15H12N4O3. The first-order chi connectivity index (χ1) is 10.5. The van der Waals surface area contributed by atoms with E-state index >= 15 is 0 Å². The number of aromatic nitrogens is 2. The van der Waals surface area contributed by atoms with Gasteiger partial charge in [-0.05, 0) is 17.7 Å². The number of hydrogen-bond donors (Lipinski definition) is 1. The highest BCUT2D eigenvalue weighted by atomic mass is 16.6. The van der Waals surface area contributed by atoms with E-state index in [1.54, 1.807) is 29.1 Å². The number of benzene rings is 2. The van der Waals surface area contributed by atoms with Crippen molar-refractivity contribution in [3.8, 4) is 5.69 Å². The van der Waals surface area contributed by atoms with E-state index in [-0.39, 0.29) is 12.1 Å². The maximum Gasteiger partial charge on any atom is 0.269 e. The third kappa shape index (κ3) is 2.51. The number of amides is 1. The Labute approximate surface area is 125 Å². The van der Waals surface area contributed by atoms with Gasteiger partial charge < -0.3 is 5.73 Å². The quantitative estimate of drug-likeness (QED) is 0.587. The Kier molecular flexibility index (Phi) is 3.30. The van der Waals surface area contributed by atoms with Gasteiger partial charge in [-0.25, -0.2) is 4.68 Å². The van der Waals surface area contributed by atoms with Gasteiger partial charge in [0.2, 0.25) is 5.91 Å². The second-order valence-electron chi connectivity index (χ2n) is 4.85. The molecule has 7 heteroatoms. The van der Waals surface area contributed by atoms with Crippen molar-refractivity contribution in [2.24, 2.45) is 5.73 Å². The predicted molar refractivity (Wildman–Crippen MR) is 80.6 cm³/mol. The molecule has 1 aromatic heterocycles. The Bertz CT molecular complexity index is 868. The first-order valence-electron chi connectivity index (χ1n) is 6.55. The Balaban J connectivity index is 2.04. The van der Waals surface area contributed by atoms with Crippen LogP contribution in [0.25, 0.3) is 16.6 Å². The number of nitro groups is 1. The number of nitrogens with two attached hydrogens (primary N) is 1. The average molecular weight is 296 g/mol. The first-order valence-corrected chi connectivity index (χ1v) is 6.55. The number of nitrogens with zero attached hydrogens (tertiary/aromatic N) is 3. The maximum absolute atomic E-state index is 11.1. The Hall–Kier alpha value is -3.22. The summed E-state index contributed by atoms with van der Waals surface area (Å²) >= 11 is 0. The topological polar surface area (TPSA) is 104 Å². The minimum atomic E-state index is -0.450. The smallest absolute Gasteiger partial charge is 0.269 e. The number of non-ortho nitro benzene ring substituents is 1. The molecule has 0 radical (unpaired) electrons. The normalized spacial score (nSPS) is 10.7. The van der Waals surface area contributed by atoms with E-state index in [1.165, 1.54) is 12.1 Å². The van der Waals surface area contributed by atoms with Crippen LogP contribution < -0.4 is 5.73 Å². The standard InChI is InChI=1S/C15H12N4O3/c16-14(20)8-10-2-1-3-11-9-18(17-15(10)11)12-4-6-13(7-5-12)19(21)22/h1-7,9H,8H2,(H2,16,20). The first kappa shape index (κ1) is 13.7. The molecule has 0 fully saturated rings. The molecular weight excluding hydrogens is 284 g/mol. The van der Waals surface area contributed by atoms with Crippen LogP contribution in [-0.2, 0) is 11.2 Å². The van der Waals surface area contributed by atoms with Gasteiger partial charge >= 0.3 is 0 Å². The number of fused-ring (bicyclic) bond motifs is 1. The van der Waals surface area contributed by atoms with Crippen molar-refractivity contribution in [2.75, 3.05) is 0 Å². The number of nitro benzene ring substituents is 1. The average Bonchev–Trinajstić information content (AvgIpc) is 2.92. The van der Waals surface area contributed by atoms with E-state index in [2.05, 4.69) is 5.10 Å². The number of hydrogen-bond acceptors (Lipinski definition) is 4. The lowest BCUT2D eigenvalue weighted by Gasteiger charge is -2.00. The van der Waals surface area contributed by atoms with Gasteiger partial charge in [0.15, 0.2) is 0 Å². The van der Waals surface area contributed by atoms with Gasteiger partial charge in [0.1, 0.15) is 0 Å². The molecule has 0 saturated carbocycles. The van der Waals surface area contributed by atoms with E-state index in [4.69, 9.17) is 5.73 Å². The molecule has 0 atom stereocenters. The van der Waals surface area contributed by atoms with Gasteiger partial charge in [-0.2, -0.15) is 5.10 Å². The molecule has 3 aromatic rings. The molecule has 2 aromatic carbocycles. The van der Waals surface area contributed by atoms with Gasteiger partial charge in [0, 0.05) is 23.7 Å². The highest BCUT2D eigenvalue weighted by Crippen LogP contribution is 2.21. The lowest BCUT2D eigenvalue weighted by atomic mass is 10.1. The van der Waals surface area contributed by atoms with Crippen LogP contribution >= 0.6 is 0 Å². The van der Waals surface area contributed by atoms with Crippen LogP contribution in [0.2, 0.25) is 0 Å². The summed E-state index contributed by atoms with van der Waals surface area (Å²) in [5.74, 6) is -0.419. The fraction of sp³-hybridized carbons (Fsp3) is 0.0667. The summed E-state index contributed by atoms with van der Waals surface area (Å²) < 4.78 is 1.62. The molecule has 3 rings (SSSR count). The van der Waals surface area contributed by atoms with Crippen LogP contribution in [0.5, 0.6) is 0 Å². The zero-order valence-electron chi connectivity index (χ0n) is 11.5. The molecule has 0 spiro atoms. The van der Waals surface area contributed by atoms with Crippen molar-refractivity contribution >= 4 is 22.5 Å². The van der Waals surface area contributed by atoms with E-state index < -0.39 is 10.8 Å². The lowest BCUT2D eigenvalue weighted by Crippen LogP contribution is -2.13. The van der Waals surface area contributed by atoms with Crippen molar-refractivity contribution < 1.29 is 9.72 Å². The molecule has 1 amide bonds. The highest BCUT2D eigenvalue weighted by molar-refractivity contribution is 5.87. The van der Waals surface area contributed by atoms with E-state index in [0.29, 0.717) is 11.2 Å². The molecule has 0 aliphatic heterocycles. The fourth-order valence-corrected chi connectivity index (χ4v) is 2.30. The Morgan fingerprint density at radius 3 is 2.59 bits per heavy atom. The summed E-state index contributed by atoms with van der Waals surface area (Å²) in [6, 6.07) is 11.6. The monoisotopic (exact) mass is 296 g/mol.